The molecule has 0 aliphatic heterocycles. The molecule has 0 bridgehead atoms. The number of hydrogen-bond donors (Lipinski definition) is 2. The molecule has 2 unspecified atom stereocenters. The molecule has 0 saturated heterocycles. The molecule has 0 saturated carbocycles. The molecule has 18 heavy (non-hydrogen) atoms. The Morgan fingerprint density at radius 1 is 1.28 bits per heavy atom. The van der Waals surface area contributed by atoms with Crippen LogP contribution in [0.3, 0.4) is 0 Å². The number of rotatable bonds is 5. The van der Waals surface area contributed by atoms with Crippen LogP contribution in [0, 0.1) is 5.92 Å². The zero-order valence-electron chi connectivity index (χ0n) is 10.5. The minimum absolute atomic E-state index is 0.181. The van der Waals surface area contributed by atoms with Gasteiger partial charge in [0.15, 0.2) is 0 Å². The molecule has 0 aliphatic carbocycles. The Kier molecular flexibility index (Phi) is 3.82. The molecule has 3 heteroatoms. The third-order valence-electron chi connectivity index (χ3n) is 3.25. The van der Waals surface area contributed by atoms with E-state index in [2.05, 4.69) is 11.9 Å². The van der Waals surface area contributed by atoms with Crippen LogP contribution in [0.15, 0.2) is 48.8 Å². The van der Waals surface area contributed by atoms with Crippen LogP contribution in [0.5, 0.6) is 0 Å². The first-order valence-corrected chi connectivity index (χ1v) is 6.14. The van der Waals surface area contributed by atoms with Gasteiger partial charge in [-0.25, -0.2) is 0 Å². The summed E-state index contributed by atoms with van der Waals surface area (Å²) >= 11 is 0. The van der Waals surface area contributed by atoms with Crippen LogP contribution < -0.4 is 5.73 Å². The van der Waals surface area contributed by atoms with Crippen molar-refractivity contribution in [1.29, 1.82) is 0 Å². The number of nitrogens with two attached hydrogens (primary N) is 1. The maximum absolute atomic E-state index is 11.7. The van der Waals surface area contributed by atoms with Crippen molar-refractivity contribution in [2.45, 2.75) is 19.3 Å². The fourth-order valence-corrected chi connectivity index (χ4v) is 2.41. The molecule has 2 atom stereocenters. The van der Waals surface area contributed by atoms with Gasteiger partial charge in [0.25, 0.3) is 0 Å². The topological polar surface area (TPSA) is 58.9 Å². The second kappa shape index (κ2) is 5.54. The molecular weight excluding hydrogens is 224 g/mol. The van der Waals surface area contributed by atoms with Gasteiger partial charge in [-0.15, -0.1) is 0 Å². The van der Waals surface area contributed by atoms with Crippen molar-refractivity contribution in [3.05, 3.63) is 59.9 Å². The Hall–Kier alpha value is -2.03. The summed E-state index contributed by atoms with van der Waals surface area (Å²) in [5, 5.41) is 0. The fraction of sp³-hybridized carbons (Fsp3) is 0.267. The van der Waals surface area contributed by atoms with Crippen LogP contribution in [0.2, 0.25) is 0 Å². The molecule has 1 aromatic heterocycles. The number of carbonyl (C=O) groups excluding carboxylic acids is 1. The lowest BCUT2D eigenvalue weighted by Gasteiger charge is -2.21. The van der Waals surface area contributed by atoms with Crippen molar-refractivity contribution in [1.82, 2.24) is 4.98 Å². The molecule has 0 aliphatic rings. The highest BCUT2D eigenvalue weighted by Crippen LogP contribution is 2.27. The molecule has 0 fully saturated rings. The number of benzene rings is 1. The van der Waals surface area contributed by atoms with Gasteiger partial charge in [-0.1, -0.05) is 37.3 Å². The molecule has 1 heterocycles. The molecule has 0 radical (unpaired) electrons. The predicted molar refractivity (Wildman–Crippen MR) is 72.0 cm³/mol. The first-order chi connectivity index (χ1) is 8.68. The fourth-order valence-electron chi connectivity index (χ4n) is 2.41. The Bertz CT molecular complexity index is 490. The summed E-state index contributed by atoms with van der Waals surface area (Å²) in [4.78, 5) is 14.7. The van der Waals surface area contributed by atoms with Crippen molar-refractivity contribution in [3.63, 3.8) is 0 Å². The highest BCUT2D eigenvalue weighted by atomic mass is 16.1. The van der Waals surface area contributed by atoms with Gasteiger partial charge in [0.1, 0.15) is 0 Å². The molecule has 2 aromatic rings. The highest BCUT2D eigenvalue weighted by Gasteiger charge is 2.24. The Labute approximate surface area is 107 Å². The number of amides is 1. The summed E-state index contributed by atoms with van der Waals surface area (Å²) in [6.45, 7) is 2.06. The van der Waals surface area contributed by atoms with Gasteiger partial charge in [0, 0.05) is 12.4 Å². The average Bonchev–Trinajstić information content (AvgIpc) is 2.83. The standard InChI is InChI=1S/C15H18N2O/c1-11(9-12-7-8-17-10-12)14(15(16)18)13-5-3-2-4-6-13/h2-8,10-11,14,17H,9H2,1H3,(H2,16,18). The van der Waals surface area contributed by atoms with E-state index in [1.54, 1.807) is 0 Å². The largest absolute Gasteiger partial charge is 0.369 e. The first-order valence-electron chi connectivity index (χ1n) is 6.14. The number of aromatic amines is 1. The number of nitrogens with one attached hydrogen (secondary N) is 1. The summed E-state index contributed by atoms with van der Waals surface area (Å²) in [6, 6.07) is 11.8. The number of primary amides is 1. The van der Waals surface area contributed by atoms with Gasteiger partial charge in [0.05, 0.1) is 5.92 Å². The Balaban J connectivity index is 2.18. The van der Waals surface area contributed by atoms with Crippen LogP contribution in [0.1, 0.15) is 24.0 Å². The normalized spacial score (nSPS) is 14.1. The van der Waals surface area contributed by atoms with E-state index in [1.165, 1.54) is 5.56 Å². The zero-order chi connectivity index (χ0) is 13.0. The summed E-state index contributed by atoms with van der Waals surface area (Å²) in [5.41, 5.74) is 7.74. The lowest BCUT2D eigenvalue weighted by Crippen LogP contribution is -2.27. The van der Waals surface area contributed by atoms with E-state index in [4.69, 9.17) is 5.73 Å². The van der Waals surface area contributed by atoms with Gasteiger partial charge in [-0.3, -0.25) is 4.79 Å². The van der Waals surface area contributed by atoms with Crippen LogP contribution in [-0.4, -0.2) is 10.9 Å². The van der Waals surface area contributed by atoms with E-state index < -0.39 is 0 Å². The van der Waals surface area contributed by atoms with Gasteiger partial charge >= 0.3 is 0 Å². The molecule has 0 spiro atoms. The molecular formula is C15H18N2O. The quantitative estimate of drug-likeness (QED) is 0.831. The number of H-pyrrole nitrogens is 1. The van der Waals surface area contributed by atoms with E-state index in [9.17, 15) is 4.79 Å². The SMILES string of the molecule is CC(Cc1cc[nH]c1)C(C(N)=O)c1ccccc1. The predicted octanol–water partition coefficient (Wildman–Crippen LogP) is 2.46. The van der Waals surface area contributed by atoms with E-state index in [-0.39, 0.29) is 17.7 Å². The summed E-state index contributed by atoms with van der Waals surface area (Å²) in [5.74, 6) is -0.314. The van der Waals surface area contributed by atoms with Gasteiger partial charge in [-0.2, -0.15) is 0 Å². The second-order valence-corrected chi connectivity index (χ2v) is 4.69. The second-order valence-electron chi connectivity index (χ2n) is 4.69. The first kappa shape index (κ1) is 12.4. The monoisotopic (exact) mass is 242 g/mol. The maximum Gasteiger partial charge on any atom is 0.225 e. The van der Waals surface area contributed by atoms with Crippen molar-refractivity contribution in [3.8, 4) is 0 Å². The van der Waals surface area contributed by atoms with Crippen LogP contribution in [0.4, 0.5) is 0 Å². The third kappa shape index (κ3) is 2.80. The third-order valence-corrected chi connectivity index (χ3v) is 3.25. The van der Waals surface area contributed by atoms with Crippen molar-refractivity contribution >= 4 is 5.91 Å². The molecule has 1 aromatic carbocycles. The summed E-state index contributed by atoms with van der Waals surface area (Å²) < 4.78 is 0. The van der Waals surface area contributed by atoms with E-state index in [1.807, 2.05) is 48.8 Å². The van der Waals surface area contributed by atoms with Crippen molar-refractivity contribution < 1.29 is 4.79 Å². The number of aromatic nitrogens is 1. The molecule has 1 amide bonds. The average molecular weight is 242 g/mol. The molecule has 94 valence electrons. The Morgan fingerprint density at radius 3 is 2.56 bits per heavy atom. The van der Waals surface area contributed by atoms with Gasteiger partial charge in [0.2, 0.25) is 5.91 Å². The molecule has 3 nitrogen and oxygen atoms in total. The van der Waals surface area contributed by atoms with Crippen LogP contribution in [-0.2, 0) is 11.2 Å². The maximum atomic E-state index is 11.7. The lowest BCUT2D eigenvalue weighted by atomic mass is 9.83. The van der Waals surface area contributed by atoms with Crippen molar-refractivity contribution in [2.75, 3.05) is 0 Å². The number of carbonyl (C=O) groups is 1. The van der Waals surface area contributed by atoms with E-state index in [0.717, 1.165) is 12.0 Å². The van der Waals surface area contributed by atoms with Crippen LogP contribution >= 0.6 is 0 Å². The Morgan fingerprint density at radius 2 is 2.00 bits per heavy atom. The van der Waals surface area contributed by atoms with E-state index in [0.29, 0.717) is 0 Å². The minimum Gasteiger partial charge on any atom is -0.369 e. The number of hydrogen-bond acceptors (Lipinski definition) is 1. The van der Waals surface area contributed by atoms with Gasteiger partial charge in [-0.05, 0) is 29.5 Å². The van der Waals surface area contributed by atoms with Crippen LogP contribution in [0.25, 0.3) is 0 Å². The minimum atomic E-state index is -0.260. The van der Waals surface area contributed by atoms with Crippen molar-refractivity contribution in [2.24, 2.45) is 11.7 Å². The highest BCUT2D eigenvalue weighted by molar-refractivity contribution is 5.82. The summed E-state index contributed by atoms with van der Waals surface area (Å²) in [7, 11) is 0. The zero-order valence-corrected chi connectivity index (χ0v) is 10.5. The molecule has 2 rings (SSSR count). The molecule has 3 N–H and O–H groups in total. The van der Waals surface area contributed by atoms with Gasteiger partial charge < -0.3 is 10.7 Å². The summed E-state index contributed by atoms with van der Waals surface area (Å²) in [6.07, 6.45) is 4.69. The smallest absolute Gasteiger partial charge is 0.225 e. The lowest BCUT2D eigenvalue weighted by molar-refractivity contribution is -0.120. The van der Waals surface area contributed by atoms with E-state index >= 15 is 0 Å².